The van der Waals surface area contributed by atoms with Crippen LogP contribution < -0.4 is 10.6 Å². The zero-order valence-corrected chi connectivity index (χ0v) is 12.9. The summed E-state index contributed by atoms with van der Waals surface area (Å²) in [6, 6.07) is 9.66. The van der Waals surface area contributed by atoms with Crippen LogP contribution in [-0.4, -0.2) is 29.7 Å². The third kappa shape index (κ3) is 4.62. The molecule has 0 aliphatic heterocycles. The van der Waals surface area contributed by atoms with E-state index in [1.165, 1.54) is 0 Å². The number of benzene rings is 1. The molecule has 0 aromatic heterocycles. The molecule has 1 unspecified atom stereocenters. The predicted molar refractivity (Wildman–Crippen MR) is 81.4 cm³/mol. The van der Waals surface area contributed by atoms with Gasteiger partial charge in [0, 0.05) is 5.54 Å². The van der Waals surface area contributed by atoms with E-state index in [-0.39, 0.29) is 24.6 Å². The van der Waals surface area contributed by atoms with Crippen molar-refractivity contribution in [2.45, 2.75) is 45.2 Å². The average Bonchev–Trinajstić information content (AvgIpc) is 2.45. The van der Waals surface area contributed by atoms with E-state index in [0.29, 0.717) is 0 Å². The molecule has 4 nitrogen and oxygen atoms in total. The minimum atomic E-state index is -0.616. The third-order valence-corrected chi connectivity index (χ3v) is 3.73. The van der Waals surface area contributed by atoms with E-state index in [9.17, 15) is 9.90 Å². The number of nitrogens with one attached hydrogen (secondary N) is 2. The summed E-state index contributed by atoms with van der Waals surface area (Å²) in [5.74, 6) is -0.0625. The number of rotatable bonds is 7. The van der Waals surface area contributed by atoms with Crippen LogP contribution in [0.25, 0.3) is 0 Å². The van der Waals surface area contributed by atoms with Crippen molar-refractivity contribution < 1.29 is 9.90 Å². The van der Waals surface area contributed by atoms with Crippen LogP contribution in [0.3, 0.4) is 0 Å². The molecule has 0 aliphatic rings. The topological polar surface area (TPSA) is 61.4 Å². The lowest BCUT2D eigenvalue weighted by atomic mass is 9.93. The maximum Gasteiger partial charge on any atom is 0.234 e. The van der Waals surface area contributed by atoms with Crippen molar-refractivity contribution in [1.82, 2.24) is 10.6 Å². The first-order valence-corrected chi connectivity index (χ1v) is 7.05. The Labute approximate surface area is 121 Å². The second kappa shape index (κ2) is 6.86. The Morgan fingerprint density at radius 1 is 1.20 bits per heavy atom. The van der Waals surface area contributed by atoms with Crippen LogP contribution in [0.5, 0.6) is 0 Å². The number of hydrogen-bond acceptors (Lipinski definition) is 3. The molecule has 1 amide bonds. The predicted octanol–water partition coefficient (Wildman–Crippen LogP) is 1.79. The number of hydrogen-bond donors (Lipinski definition) is 3. The van der Waals surface area contributed by atoms with Gasteiger partial charge < -0.3 is 10.4 Å². The van der Waals surface area contributed by atoms with E-state index in [2.05, 4.69) is 10.6 Å². The highest BCUT2D eigenvalue weighted by Gasteiger charge is 2.26. The van der Waals surface area contributed by atoms with E-state index >= 15 is 0 Å². The number of amides is 1. The standard InChI is InChI=1S/C16H26N2O2/c1-5-15(2,3)18-14(20)11-17-16(4,12-19)13-9-7-6-8-10-13/h6-10,17,19H,5,11-12H2,1-4H3,(H,18,20). The normalized spacial score (nSPS) is 14.7. The molecule has 0 spiro atoms. The largest absolute Gasteiger partial charge is 0.394 e. The molecule has 0 aliphatic carbocycles. The highest BCUT2D eigenvalue weighted by atomic mass is 16.3. The minimum Gasteiger partial charge on any atom is -0.394 e. The monoisotopic (exact) mass is 278 g/mol. The molecule has 1 aromatic rings. The van der Waals surface area contributed by atoms with Crippen molar-refractivity contribution in [3.63, 3.8) is 0 Å². The highest BCUT2D eigenvalue weighted by molar-refractivity contribution is 5.78. The lowest BCUT2D eigenvalue weighted by Crippen LogP contribution is -2.51. The number of carbonyl (C=O) groups excluding carboxylic acids is 1. The minimum absolute atomic E-state index is 0.0625. The summed E-state index contributed by atoms with van der Waals surface area (Å²) in [6.07, 6.45) is 0.870. The first-order chi connectivity index (χ1) is 9.33. The highest BCUT2D eigenvalue weighted by Crippen LogP contribution is 2.19. The van der Waals surface area contributed by atoms with Gasteiger partial charge in [-0.2, -0.15) is 0 Å². The Hall–Kier alpha value is -1.39. The van der Waals surface area contributed by atoms with Gasteiger partial charge in [-0.05, 0) is 32.8 Å². The Bertz CT molecular complexity index is 431. The summed E-state index contributed by atoms with van der Waals surface area (Å²) >= 11 is 0. The van der Waals surface area contributed by atoms with E-state index in [1.54, 1.807) is 0 Å². The van der Waals surface area contributed by atoms with Gasteiger partial charge in [0.1, 0.15) is 0 Å². The van der Waals surface area contributed by atoms with Crippen LogP contribution >= 0.6 is 0 Å². The summed E-state index contributed by atoms with van der Waals surface area (Å²) < 4.78 is 0. The van der Waals surface area contributed by atoms with Crippen LogP contribution in [0.4, 0.5) is 0 Å². The third-order valence-electron chi connectivity index (χ3n) is 3.73. The summed E-state index contributed by atoms with van der Waals surface area (Å²) in [6.45, 7) is 8.02. The summed E-state index contributed by atoms with van der Waals surface area (Å²) in [5, 5.41) is 15.8. The molecule has 0 radical (unpaired) electrons. The lowest BCUT2D eigenvalue weighted by Gasteiger charge is -2.30. The molecule has 4 heteroatoms. The van der Waals surface area contributed by atoms with Crippen molar-refractivity contribution >= 4 is 5.91 Å². The van der Waals surface area contributed by atoms with Crippen LogP contribution in [0.15, 0.2) is 30.3 Å². The first-order valence-electron chi connectivity index (χ1n) is 7.05. The molecule has 0 fully saturated rings. The van der Waals surface area contributed by atoms with Crippen molar-refractivity contribution in [1.29, 1.82) is 0 Å². The average molecular weight is 278 g/mol. The molecule has 0 bridgehead atoms. The number of aliphatic hydroxyl groups excluding tert-OH is 1. The fourth-order valence-corrected chi connectivity index (χ4v) is 1.84. The Kier molecular flexibility index (Phi) is 5.72. The van der Waals surface area contributed by atoms with E-state index in [4.69, 9.17) is 0 Å². The summed E-state index contributed by atoms with van der Waals surface area (Å²) in [7, 11) is 0. The van der Waals surface area contributed by atoms with Gasteiger partial charge in [0.05, 0.1) is 18.7 Å². The van der Waals surface area contributed by atoms with Crippen LogP contribution in [-0.2, 0) is 10.3 Å². The van der Waals surface area contributed by atoms with Gasteiger partial charge >= 0.3 is 0 Å². The van der Waals surface area contributed by atoms with Crippen LogP contribution in [0, 0.1) is 0 Å². The van der Waals surface area contributed by atoms with E-state index in [0.717, 1.165) is 12.0 Å². The Balaban J connectivity index is 2.64. The molecule has 1 aromatic carbocycles. The van der Waals surface area contributed by atoms with E-state index < -0.39 is 5.54 Å². The van der Waals surface area contributed by atoms with Crippen LogP contribution in [0.1, 0.15) is 39.7 Å². The molecule has 112 valence electrons. The summed E-state index contributed by atoms with van der Waals surface area (Å²) in [4.78, 5) is 12.0. The van der Waals surface area contributed by atoms with Crippen molar-refractivity contribution in [3.05, 3.63) is 35.9 Å². The number of carbonyl (C=O) groups is 1. The van der Waals surface area contributed by atoms with Gasteiger partial charge in [0.15, 0.2) is 0 Å². The maximum atomic E-state index is 12.0. The number of aliphatic hydroxyl groups is 1. The van der Waals surface area contributed by atoms with Gasteiger partial charge in [-0.3, -0.25) is 10.1 Å². The molecule has 0 heterocycles. The fraction of sp³-hybridized carbons (Fsp3) is 0.562. The fourth-order valence-electron chi connectivity index (χ4n) is 1.84. The van der Waals surface area contributed by atoms with Gasteiger partial charge in [-0.15, -0.1) is 0 Å². The van der Waals surface area contributed by atoms with E-state index in [1.807, 2.05) is 58.0 Å². The van der Waals surface area contributed by atoms with Gasteiger partial charge in [0.25, 0.3) is 0 Å². The molecule has 1 rings (SSSR count). The molecule has 0 saturated heterocycles. The first kappa shape index (κ1) is 16.7. The molecule has 0 saturated carbocycles. The molecule has 1 atom stereocenters. The van der Waals surface area contributed by atoms with Gasteiger partial charge in [-0.25, -0.2) is 0 Å². The molecular weight excluding hydrogens is 252 g/mol. The zero-order valence-electron chi connectivity index (χ0n) is 12.9. The SMILES string of the molecule is CCC(C)(C)NC(=O)CNC(C)(CO)c1ccccc1. The van der Waals surface area contributed by atoms with Gasteiger partial charge in [-0.1, -0.05) is 37.3 Å². The Morgan fingerprint density at radius 3 is 2.30 bits per heavy atom. The smallest absolute Gasteiger partial charge is 0.234 e. The second-order valence-corrected chi connectivity index (χ2v) is 6.00. The maximum absolute atomic E-state index is 12.0. The molecule has 20 heavy (non-hydrogen) atoms. The quantitative estimate of drug-likeness (QED) is 0.712. The lowest BCUT2D eigenvalue weighted by molar-refractivity contribution is -0.122. The van der Waals surface area contributed by atoms with Crippen molar-refractivity contribution in [2.24, 2.45) is 0 Å². The molecule has 3 N–H and O–H groups in total. The van der Waals surface area contributed by atoms with Crippen LogP contribution in [0.2, 0.25) is 0 Å². The summed E-state index contributed by atoms with van der Waals surface area (Å²) in [5.41, 5.74) is 0.140. The Morgan fingerprint density at radius 2 is 1.80 bits per heavy atom. The van der Waals surface area contributed by atoms with Crippen molar-refractivity contribution in [2.75, 3.05) is 13.2 Å². The molecular formula is C16H26N2O2. The van der Waals surface area contributed by atoms with Crippen molar-refractivity contribution in [3.8, 4) is 0 Å². The zero-order chi connectivity index (χ0) is 15.2. The second-order valence-electron chi connectivity index (χ2n) is 6.00. The van der Waals surface area contributed by atoms with Gasteiger partial charge in [0.2, 0.25) is 5.91 Å².